The van der Waals surface area contributed by atoms with E-state index >= 15 is 0 Å². The summed E-state index contributed by atoms with van der Waals surface area (Å²) in [6.07, 6.45) is 0. The highest BCUT2D eigenvalue weighted by atomic mass is 32.1. The summed E-state index contributed by atoms with van der Waals surface area (Å²) in [6.45, 7) is 0. The number of nitrogens with zero attached hydrogens (tertiary/aromatic N) is 2. The van der Waals surface area contributed by atoms with Crippen LogP contribution < -0.4 is 0 Å². The van der Waals surface area contributed by atoms with Crippen molar-refractivity contribution in [3.63, 3.8) is 0 Å². The highest BCUT2D eigenvalue weighted by Gasteiger charge is 2.19. The summed E-state index contributed by atoms with van der Waals surface area (Å²) in [7, 11) is 0. The van der Waals surface area contributed by atoms with Gasteiger partial charge in [-0.25, -0.2) is 0 Å². The number of thiophene rings is 1. The molecule has 3 aromatic heterocycles. The van der Waals surface area contributed by atoms with E-state index < -0.39 is 0 Å². The first-order valence-electron chi connectivity index (χ1n) is 19.5. The molecule has 9 aromatic carbocycles. The van der Waals surface area contributed by atoms with Gasteiger partial charge in [0, 0.05) is 58.7 Å². The Hall–Kier alpha value is -7.20. The van der Waals surface area contributed by atoms with Crippen molar-refractivity contribution in [2.24, 2.45) is 0 Å². The van der Waals surface area contributed by atoms with E-state index in [0.717, 1.165) is 5.69 Å². The molecule has 266 valence electrons. The average Bonchev–Trinajstić information content (AvgIpc) is 3.94. The monoisotopic (exact) mass is 742 g/mol. The smallest absolute Gasteiger partial charge is 0.0547 e. The maximum Gasteiger partial charge on any atom is 0.0547 e. The number of benzene rings is 9. The third kappa shape index (κ3) is 5.03. The van der Waals surface area contributed by atoms with Gasteiger partial charge >= 0.3 is 0 Å². The Labute approximate surface area is 333 Å². The first-order chi connectivity index (χ1) is 28.3. The molecule has 0 spiro atoms. The first kappa shape index (κ1) is 32.1. The maximum absolute atomic E-state index is 2.47. The van der Waals surface area contributed by atoms with Crippen molar-refractivity contribution in [3.05, 3.63) is 206 Å². The van der Waals surface area contributed by atoms with Gasteiger partial charge in [0.2, 0.25) is 0 Å². The van der Waals surface area contributed by atoms with Crippen LogP contribution in [0.1, 0.15) is 0 Å². The highest BCUT2D eigenvalue weighted by molar-refractivity contribution is 7.26. The second-order valence-electron chi connectivity index (χ2n) is 14.9. The van der Waals surface area contributed by atoms with E-state index in [-0.39, 0.29) is 0 Å². The third-order valence-electron chi connectivity index (χ3n) is 11.7. The van der Waals surface area contributed by atoms with Crippen LogP contribution in [0.3, 0.4) is 0 Å². The van der Waals surface area contributed by atoms with Crippen LogP contribution in [-0.2, 0) is 0 Å². The molecule has 0 bridgehead atoms. The fourth-order valence-electron chi connectivity index (χ4n) is 9.07. The van der Waals surface area contributed by atoms with Crippen LogP contribution in [0.15, 0.2) is 206 Å². The summed E-state index contributed by atoms with van der Waals surface area (Å²) >= 11 is 1.89. The molecule has 0 saturated heterocycles. The summed E-state index contributed by atoms with van der Waals surface area (Å²) in [6, 6.07) is 75.7. The van der Waals surface area contributed by atoms with E-state index in [1.54, 1.807) is 0 Å². The minimum absolute atomic E-state index is 1.15. The minimum Gasteiger partial charge on any atom is -0.309 e. The van der Waals surface area contributed by atoms with Crippen LogP contribution in [-0.4, -0.2) is 9.13 Å². The van der Waals surface area contributed by atoms with E-state index in [0.29, 0.717) is 0 Å². The lowest BCUT2D eigenvalue weighted by atomic mass is 10.0. The molecular weight excluding hydrogens is 709 g/mol. The molecule has 0 aliphatic rings. The molecule has 0 atom stereocenters. The number of fused-ring (bicyclic) bond motifs is 9. The van der Waals surface area contributed by atoms with Gasteiger partial charge in [-0.2, -0.15) is 0 Å². The van der Waals surface area contributed by atoms with Gasteiger partial charge in [-0.3, -0.25) is 0 Å². The molecule has 3 heterocycles. The SMILES string of the molecule is c1ccc(-c2ccc(-n3c4ccccc4c4ccc(-c5ccc6c(c5)c5ccccc5n6-c5cc(-c6ccccc6)c6sc7ccccc7c6c5)cc43)cc2)cc1. The Morgan fingerprint density at radius 1 is 0.281 bits per heavy atom. The Balaban J connectivity index is 1.04. The molecule has 0 fully saturated rings. The second kappa shape index (κ2) is 12.7. The number of rotatable bonds is 5. The van der Waals surface area contributed by atoms with Crippen molar-refractivity contribution >= 4 is 75.1 Å². The topological polar surface area (TPSA) is 9.86 Å². The predicted molar refractivity (Wildman–Crippen MR) is 244 cm³/mol. The molecular formula is C54H34N2S. The number of aromatic nitrogens is 2. The highest BCUT2D eigenvalue weighted by Crippen LogP contribution is 2.44. The Morgan fingerprint density at radius 2 is 0.807 bits per heavy atom. The molecule has 0 aliphatic heterocycles. The molecule has 0 unspecified atom stereocenters. The van der Waals surface area contributed by atoms with Crippen LogP contribution in [0, 0.1) is 0 Å². The molecule has 57 heavy (non-hydrogen) atoms. The molecule has 0 aliphatic carbocycles. The largest absolute Gasteiger partial charge is 0.309 e. The summed E-state index contributed by atoms with van der Waals surface area (Å²) in [5.41, 5.74) is 14.5. The number of para-hydroxylation sites is 2. The fraction of sp³-hybridized carbons (Fsp3) is 0. The van der Waals surface area contributed by atoms with Crippen molar-refractivity contribution in [2.75, 3.05) is 0 Å². The van der Waals surface area contributed by atoms with Gasteiger partial charge in [0.05, 0.1) is 22.1 Å². The van der Waals surface area contributed by atoms with Gasteiger partial charge in [0.1, 0.15) is 0 Å². The maximum atomic E-state index is 2.47. The number of hydrogen-bond donors (Lipinski definition) is 0. The van der Waals surface area contributed by atoms with Gasteiger partial charge in [-0.1, -0.05) is 146 Å². The van der Waals surface area contributed by atoms with Gasteiger partial charge in [0.25, 0.3) is 0 Å². The molecule has 0 saturated carbocycles. The van der Waals surface area contributed by atoms with Crippen molar-refractivity contribution in [1.82, 2.24) is 9.13 Å². The first-order valence-corrected chi connectivity index (χ1v) is 20.3. The summed E-state index contributed by atoms with van der Waals surface area (Å²) in [4.78, 5) is 0. The van der Waals surface area contributed by atoms with Gasteiger partial charge in [0.15, 0.2) is 0 Å². The van der Waals surface area contributed by atoms with Gasteiger partial charge < -0.3 is 9.13 Å². The predicted octanol–water partition coefficient (Wildman–Crippen LogP) is 15.2. The van der Waals surface area contributed by atoms with Crippen LogP contribution in [0.25, 0.3) is 109 Å². The molecule has 2 nitrogen and oxygen atoms in total. The lowest BCUT2D eigenvalue weighted by Crippen LogP contribution is -1.95. The number of hydrogen-bond acceptors (Lipinski definition) is 1. The van der Waals surface area contributed by atoms with E-state index in [4.69, 9.17) is 0 Å². The van der Waals surface area contributed by atoms with Crippen molar-refractivity contribution < 1.29 is 0 Å². The minimum atomic E-state index is 1.15. The second-order valence-corrected chi connectivity index (χ2v) is 16.0. The fourth-order valence-corrected chi connectivity index (χ4v) is 10.3. The standard InChI is InChI=1S/C54H34N2S/c1-3-13-35(14-4-1)36-23-27-40(28-24-36)55-49-20-10-7-17-42(49)44-29-25-39(32-52(44)55)38-26-30-51-47(31-38)43-18-8-11-21-50(43)56(51)41-33-46(37-15-5-2-6-16-37)54-48(34-41)45-19-9-12-22-53(45)57-54/h1-34H. The van der Waals surface area contributed by atoms with Gasteiger partial charge in [-0.05, 0) is 88.5 Å². The quantitative estimate of drug-likeness (QED) is 0.166. The van der Waals surface area contributed by atoms with Crippen LogP contribution >= 0.6 is 11.3 Å². The van der Waals surface area contributed by atoms with Crippen molar-refractivity contribution in [3.8, 4) is 44.8 Å². The van der Waals surface area contributed by atoms with Crippen LogP contribution in [0.2, 0.25) is 0 Å². The Bertz CT molecular complexity index is 3490. The van der Waals surface area contributed by atoms with Gasteiger partial charge in [-0.15, -0.1) is 11.3 Å². The van der Waals surface area contributed by atoms with E-state index in [1.807, 2.05) is 11.3 Å². The molecule has 12 aromatic rings. The molecule has 12 rings (SSSR count). The summed E-state index contributed by atoms with van der Waals surface area (Å²) < 4.78 is 7.53. The zero-order valence-corrected chi connectivity index (χ0v) is 31.7. The normalized spacial score (nSPS) is 11.9. The summed E-state index contributed by atoms with van der Waals surface area (Å²) in [5, 5.41) is 7.61. The Morgan fingerprint density at radius 3 is 1.56 bits per heavy atom. The van der Waals surface area contributed by atoms with E-state index in [2.05, 4.69) is 215 Å². The Kier molecular flexibility index (Phi) is 7.13. The zero-order valence-electron chi connectivity index (χ0n) is 30.9. The lowest BCUT2D eigenvalue weighted by Gasteiger charge is -2.13. The molecule has 0 amide bonds. The van der Waals surface area contributed by atoms with Crippen molar-refractivity contribution in [2.45, 2.75) is 0 Å². The van der Waals surface area contributed by atoms with E-state index in [9.17, 15) is 0 Å². The molecule has 3 heteroatoms. The average molecular weight is 743 g/mol. The van der Waals surface area contributed by atoms with Crippen LogP contribution in [0.5, 0.6) is 0 Å². The molecule has 0 N–H and O–H groups in total. The zero-order chi connectivity index (χ0) is 37.5. The van der Waals surface area contributed by atoms with E-state index in [1.165, 1.54) is 103 Å². The van der Waals surface area contributed by atoms with Crippen molar-refractivity contribution in [1.29, 1.82) is 0 Å². The molecule has 0 radical (unpaired) electrons. The van der Waals surface area contributed by atoms with Crippen LogP contribution in [0.4, 0.5) is 0 Å². The summed E-state index contributed by atoms with van der Waals surface area (Å²) in [5.74, 6) is 0. The lowest BCUT2D eigenvalue weighted by molar-refractivity contribution is 1.18. The third-order valence-corrected chi connectivity index (χ3v) is 12.9.